The van der Waals surface area contributed by atoms with Crippen LogP contribution in [0.5, 0.6) is 0 Å². The van der Waals surface area contributed by atoms with Crippen LogP contribution < -0.4 is 0 Å². The number of hydrogen-bond donors (Lipinski definition) is 5. The van der Waals surface area contributed by atoms with Crippen molar-refractivity contribution >= 4 is 6.29 Å². The standard InChI is InChI=1S/2C7H14O3.C4H8O.C3H8O3.CH4/c1-2-3-7-9-4-6(8)5-10-7;1-2-3-7-9-5-6(4-8)10-7;1-2-3-4-5;4-1-3(6)2-5;/h2*6-8H,2-5H2,1H3;4H,2-3H2,1H3;3-6H,1-2H2;1H4. The van der Waals surface area contributed by atoms with Crippen molar-refractivity contribution in [2.45, 2.75) is 97.6 Å². The molecule has 2 saturated heterocycles. The lowest BCUT2D eigenvalue weighted by molar-refractivity contribution is -0.218. The molecule has 2 fully saturated rings. The van der Waals surface area contributed by atoms with Crippen LogP contribution in [0.1, 0.15) is 66.7 Å². The molecule has 0 aliphatic carbocycles. The van der Waals surface area contributed by atoms with Crippen LogP contribution in [0.3, 0.4) is 0 Å². The fourth-order valence-electron chi connectivity index (χ4n) is 2.10. The van der Waals surface area contributed by atoms with E-state index in [1.165, 1.54) is 0 Å². The predicted molar refractivity (Wildman–Crippen MR) is 121 cm³/mol. The number of hydrogen-bond acceptors (Lipinski definition) is 10. The number of aldehydes is 1. The first-order valence-electron chi connectivity index (χ1n) is 11.0. The summed E-state index contributed by atoms with van der Waals surface area (Å²) in [6.45, 7) is 6.87. The topological polar surface area (TPSA) is 155 Å². The Kier molecular flexibility index (Phi) is 29.8. The minimum atomic E-state index is -0.954. The van der Waals surface area contributed by atoms with Gasteiger partial charge < -0.3 is 49.3 Å². The van der Waals surface area contributed by atoms with Crippen molar-refractivity contribution in [1.29, 1.82) is 0 Å². The van der Waals surface area contributed by atoms with E-state index in [-0.39, 0.29) is 45.9 Å². The zero-order chi connectivity index (χ0) is 23.9. The van der Waals surface area contributed by atoms with Crippen molar-refractivity contribution in [2.75, 3.05) is 39.6 Å². The van der Waals surface area contributed by atoms with E-state index in [1.807, 2.05) is 6.92 Å². The molecule has 0 bridgehead atoms. The second-order valence-corrected chi connectivity index (χ2v) is 7.01. The molecule has 0 saturated carbocycles. The van der Waals surface area contributed by atoms with Gasteiger partial charge >= 0.3 is 0 Å². The van der Waals surface area contributed by atoms with E-state index in [0.29, 0.717) is 26.2 Å². The summed E-state index contributed by atoms with van der Waals surface area (Å²) in [5.41, 5.74) is 0. The lowest BCUT2D eigenvalue weighted by Crippen LogP contribution is -2.35. The van der Waals surface area contributed by atoms with Crippen molar-refractivity contribution in [3.63, 3.8) is 0 Å². The number of rotatable bonds is 9. The maximum absolute atomic E-state index is 9.40. The molecular weight excluding hydrogens is 424 g/mol. The van der Waals surface area contributed by atoms with E-state index in [1.54, 1.807) is 0 Å². The van der Waals surface area contributed by atoms with Crippen molar-refractivity contribution in [2.24, 2.45) is 0 Å². The summed E-state index contributed by atoms with van der Waals surface area (Å²) in [4.78, 5) is 9.40. The fraction of sp³-hybridized carbons (Fsp3) is 0.955. The predicted octanol–water partition coefficient (Wildman–Crippen LogP) is 0.994. The van der Waals surface area contributed by atoms with E-state index in [0.717, 1.165) is 38.4 Å². The fourth-order valence-corrected chi connectivity index (χ4v) is 2.10. The third kappa shape index (κ3) is 22.5. The van der Waals surface area contributed by atoms with Gasteiger partial charge in [0, 0.05) is 6.42 Å². The summed E-state index contributed by atoms with van der Waals surface area (Å²) >= 11 is 0. The molecule has 0 aromatic rings. The highest BCUT2D eigenvalue weighted by molar-refractivity contribution is 5.48. The number of aliphatic hydroxyl groups excluding tert-OH is 5. The van der Waals surface area contributed by atoms with Gasteiger partial charge in [0.1, 0.15) is 24.6 Å². The summed E-state index contributed by atoms with van der Waals surface area (Å²) in [7, 11) is 0. The van der Waals surface area contributed by atoms with Gasteiger partial charge in [-0.1, -0.05) is 41.0 Å². The first-order chi connectivity index (χ1) is 14.9. The van der Waals surface area contributed by atoms with E-state index < -0.39 is 12.2 Å². The summed E-state index contributed by atoms with van der Waals surface area (Å²) in [5, 5.41) is 41.6. The Hall–Kier alpha value is -0.690. The van der Waals surface area contributed by atoms with Crippen LogP contribution in [0, 0.1) is 0 Å². The molecule has 0 aromatic carbocycles. The Morgan fingerprint density at radius 3 is 1.69 bits per heavy atom. The maximum atomic E-state index is 9.40. The molecule has 2 rings (SSSR count). The molecule has 10 nitrogen and oxygen atoms in total. The van der Waals surface area contributed by atoms with Crippen LogP contribution in [0.2, 0.25) is 0 Å². The third-order valence-electron chi connectivity index (χ3n) is 3.84. The molecule has 0 aromatic heterocycles. The van der Waals surface area contributed by atoms with Crippen molar-refractivity contribution in [1.82, 2.24) is 0 Å². The molecule has 0 amide bonds. The lowest BCUT2D eigenvalue weighted by atomic mass is 10.3. The minimum Gasteiger partial charge on any atom is -0.394 e. The normalized spacial score (nSPS) is 24.0. The monoisotopic (exact) mass is 472 g/mol. The minimum absolute atomic E-state index is 0. The first-order valence-corrected chi connectivity index (χ1v) is 11.0. The Morgan fingerprint density at radius 2 is 1.38 bits per heavy atom. The Bertz CT molecular complexity index is 357. The third-order valence-corrected chi connectivity index (χ3v) is 3.84. The average Bonchev–Trinajstić information content (AvgIpc) is 3.25. The smallest absolute Gasteiger partial charge is 0.158 e. The highest BCUT2D eigenvalue weighted by Gasteiger charge is 2.23. The van der Waals surface area contributed by atoms with E-state index in [4.69, 9.17) is 44.5 Å². The zero-order valence-electron chi connectivity index (χ0n) is 19.2. The summed E-state index contributed by atoms with van der Waals surface area (Å²) in [5.74, 6) is 0. The van der Waals surface area contributed by atoms with Gasteiger partial charge in [-0.05, 0) is 19.3 Å². The molecule has 2 atom stereocenters. The van der Waals surface area contributed by atoms with Gasteiger partial charge in [-0.3, -0.25) is 0 Å². The van der Waals surface area contributed by atoms with Gasteiger partial charge in [-0.25, -0.2) is 0 Å². The molecule has 5 N–H and O–H groups in total. The number of unbranched alkanes of at least 4 members (excludes halogenated alkanes) is 1. The summed E-state index contributed by atoms with van der Waals surface area (Å²) in [6.07, 6.45) is 4.97. The van der Waals surface area contributed by atoms with Gasteiger partial charge in [0.05, 0.1) is 39.6 Å². The van der Waals surface area contributed by atoms with Crippen LogP contribution in [-0.4, -0.2) is 102 Å². The molecular formula is C22H48O10. The quantitative estimate of drug-likeness (QED) is 0.307. The van der Waals surface area contributed by atoms with Crippen molar-refractivity contribution in [3.05, 3.63) is 0 Å². The van der Waals surface area contributed by atoms with Gasteiger partial charge in [0.2, 0.25) is 0 Å². The van der Waals surface area contributed by atoms with Gasteiger partial charge in [0.25, 0.3) is 0 Å². The average molecular weight is 473 g/mol. The lowest BCUT2D eigenvalue weighted by Gasteiger charge is -2.26. The molecule has 0 spiro atoms. The second-order valence-electron chi connectivity index (χ2n) is 7.01. The molecule has 2 aliphatic heterocycles. The molecule has 2 unspecified atom stereocenters. The summed E-state index contributed by atoms with van der Waals surface area (Å²) < 4.78 is 20.8. The first kappa shape index (κ1) is 35.9. The highest BCUT2D eigenvalue weighted by Crippen LogP contribution is 2.14. The Morgan fingerprint density at radius 1 is 0.875 bits per heavy atom. The van der Waals surface area contributed by atoms with Crippen LogP contribution in [-0.2, 0) is 23.7 Å². The Balaban J connectivity index is -0.000000362. The second kappa shape index (κ2) is 26.6. The van der Waals surface area contributed by atoms with Gasteiger partial charge in [-0.15, -0.1) is 0 Å². The van der Waals surface area contributed by atoms with Crippen molar-refractivity contribution < 1.29 is 49.3 Å². The van der Waals surface area contributed by atoms with Crippen LogP contribution in [0.25, 0.3) is 0 Å². The molecule has 0 radical (unpaired) electrons. The SMILES string of the molecule is C.CCCC1OCC(CO)O1.CCCC1OCC(O)CO1.CCCC=O.OCC(O)CO. The van der Waals surface area contributed by atoms with Gasteiger partial charge in [0.15, 0.2) is 12.6 Å². The number of aliphatic hydroxyl groups is 5. The van der Waals surface area contributed by atoms with E-state index >= 15 is 0 Å². The molecule has 2 heterocycles. The van der Waals surface area contributed by atoms with Gasteiger partial charge in [-0.2, -0.15) is 0 Å². The zero-order valence-corrected chi connectivity index (χ0v) is 19.2. The van der Waals surface area contributed by atoms with Crippen LogP contribution >= 0.6 is 0 Å². The molecule has 10 heteroatoms. The van der Waals surface area contributed by atoms with Crippen molar-refractivity contribution in [3.8, 4) is 0 Å². The highest BCUT2D eigenvalue weighted by atomic mass is 16.7. The van der Waals surface area contributed by atoms with Crippen LogP contribution in [0.4, 0.5) is 0 Å². The van der Waals surface area contributed by atoms with E-state index in [2.05, 4.69) is 13.8 Å². The number of carbonyl (C=O) groups excluding carboxylic acids is 1. The largest absolute Gasteiger partial charge is 0.394 e. The molecule has 2 aliphatic rings. The Labute approximate surface area is 193 Å². The maximum Gasteiger partial charge on any atom is 0.158 e. The number of carbonyl (C=O) groups is 1. The summed E-state index contributed by atoms with van der Waals surface area (Å²) in [6, 6.07) is 0. The molecule has 196 valence electrons. The van der Waals surface area contributed by atoms with Crippen LogP contribution in [0.15, 0.2) is 0 Å². The van der Waals surface area contributed by atoms with E-state index in [9.17, 15) is 4.79 Å². The number of ether oxygens (including phenoxy) is 4. The molecule has 32 heavy (non-hydrogen) atoms.